The summed E-state index contributed by atoms with van der Waals surface area (Å²) in [5, 5.41) is 12.3. The van der Waals surface area contributed by atoms with E-state index in [9.17, 15) is 4.79 Å². The molecule has 2 aromatic rings. The summed E-state index contributed by atoms with van der Waals surface area (Å²) in [6, 6.07) is 10.6. The van der Waals surface area contributed by atoms with E-state index in [1.807, 2.05) is 31.2 Å². The van der Waals surface area contributed by atoms with Crippen molar-refractivity contribution in [2.45, 2.75) is 13.0 Å². The largest absolute Gasteiger partial charge is 0.478 e. The summed E-state index contributed by atoms with van der Waals surface area (Å²) in [5.41, 5.74) is 1.17. The first-order valence-corrected chi connectivity index (χ1v) is 7.05. The maximum absolute atomic E-state index is 11.0. The number of anilines is 1. The first-order chi connectivity index (χ1) is 9.45. The highest BCUT2D eigenvalue weighted by Gasteiger charge is 2.10. The summed E-state index contributed by atoms with van der Waals surface area (Å²) in [4.78, 5) is 15.1. The highest BCUT2D eigenvalue weighted by Crippen LogP contribution is 2.22. The maximum atomic E-state index is 11.0. The number of rotatable bonds is 4. The molecule has 0 bridgehead atoms. The fourth-order valence-corrected chi connectivity index (χ4v) is 2.22. The van der Waals surface area contributed by atoms with Gasteiger partial charge in [-0.2, -0.15) is 0 Å². The number of carbonyl (C=O) groups is 1. The third-order valence-corrected chi connectivity index (χ3v) is 3.50. The second kappa shape index (κ2) is 6.24. The second-order valence-electron chi connectivity index (χ2n) is 4.29. The lowest BCUT2D eigenvalue weighted by atomic mass is 10.1. The van der Waals surface area contributed by atoms with E-state index >= 15 is 0 Å². The first-order valence-electron chi connectivity index (χ1n) is 5.88. The van der Waals surface area contributed by atoms with Gasteiger partial charge in [0.25, 0.3) is 0 Å². The predicted molar refractivity (Wildman–Crippen MR) is 82.4 cm³/mol. The molecular formula is C14H12BrClN2O2. The Hall–Kier alpha value is -1.59. The smallest absolute Gasteiger partial charge is 0.335 e. The van der Waals surface area contributed by atoms with Crippen LogP contribution in [0.15, 0.2) is 40.9 Å². The van der Waals surface area contributed by atoms with Crippen LogP contribution in [0.1, 0.15) is 28.9 Å². The van der Waals surface area contributed by atoms with Gasteiger partial charge in [-0.15, -0.1) is 0 Å². The van der Waals surface area contributed by atoms with Gasteiger partial charge in [-0.25, -0.2) is 9.78 Å². The molecule has 0 saturated heterocycles. The van der Waals surface area contributed by atoms with E-state index in [2.05, 4.69) is 26.2 Å². The summed E-state index contributed by atoms with van der Waals surface area (Å²) in [5.74, 6) is -0.598. The van der Waals surface area contributed by atoms with Crippen molar-refractivity contribution in [2.75, 3.05) is 5.32 Å². The van der Waals surface area contributed by atoms with E-state index in [-0.39, 0.29) is 16.8 Å². The highest BCUT2D eigenvalue weighted by molar-refractivity contribution is 9.10. The van der Waals surface area contributed by atoms with Crippen LogP contribution >= 0.6 is 27.5 Å². The standard InChI is InChI=1S/C14H12BrClN2O2/c1-8(9-2-4-11(15)5-3-9)17-13-7-10(14(19)20)6-12(16)18-13/h2-8H,1H3,(H,17,18)(H,19,20). The van der Waals surface area contributed by atoms with Crippen LogP contribution in [0.4, 0.5) is 5.82 Å². The molecule has 2 N–H and O–H groups in total. The fourth-order valence-electron chi connectivity index (χ4n) is 1.75. The van der Waals surface area contributed by atoms with Crippen molar-refractivity contribution in [3.8, 4) is 0 Å². The topological polar surface area (TPSA) is 62.2 Å². The van der Waals surface area contributed by atoms with Gasteiger partial charge in [0, 0.05) is 10.5 Å². The average Bonchev–Trinajstić information content (AvgIpc) is 2.38. The summed E-state index contributed by atoms with van der Waals surface area (Å²) in [6.07, 6.45) is 0. The van der Waals surface area contributed by atoms with Crippen LogP contribution in [-0.2, 0) is 0 Å². The Labute approximate surface area is 129 Å². The SMILES string of the molecule is CC(Nc1cc(C(=O)O)cc(Cl)n1)c1ccc(Br)cc1. The first kappa shape index (κ1) is 14.8. The van der Waals surface area contributed by atoms with Crippen molar-refractivity contribution in [1.29, 1.82) is 0 Å². The zero-order valence-corrected chi connectivity index (χ0v) is 12.9. The van der Waals surface area contributed by atoms with E-state index in [1.54, 1.807) is 0 Å². The van der Waals surface area contributed by atoms with E-state index in [1.165, 1.54) is 12.1 Å². The minimum absolute atomic E-state index is 0.0179. The predicted octanol–water partition coefficient (Wildman–Crippen LogP) is 4.37. The van der Waals surface area contributed by atoms with Gasteiger partial charge >= 0.3 is 5.97 Å². The minimum Gasteiger partial charge on any atom is -0.478 e. The Bertz CT molecular complexity index is 632. The van der Waals surface area contributed by atoms with Gasteiger partial charge in [0.15, 0.2) is 0 Å². The van der Waals surface area contributed by atoms with E-state index in [0.29, 0.717) is 5.82 Å². The summed E-state index contributed by atoms with van der Waals surface area (Å²) in [6.45, 7) is 1.96. The van der Waals surface area contributed by atoms with Crippen molar-refractivity contribution >= 4 is 39.3 Å². The zero-order chi connectivity index (χ0) is 14.7. The number of aromatic nitrogens is 1. The molecule has 0 aliphatic heterocycles. The molecule has 1 aromatic carbocycles. The minimum atomic E-state index is -1.03. The normalized spacial score (nSPS) is 11.9. The van der Waals surface area contributed by atoms with Crippen molar-refractivity contribution in [3.05, 3.63) is 57.2 Å². The van der Waals surface area contributed by atoms with Crippen molar-refractivity contribution in [3.63, 3.8) is 0 Å². The van der Waals surface area contributed by atoms with Gasteiger partial charge in [0.2, 0.25) is 0 Å². The molecule has 2 rings (SSSR count). The summed E-state index contributed by atoms with van der Waals surface area (Å²) >= 11 is 9.20. The Morgan fingerprint density at radius 2 is 2.00 bits per heavy atom. The summed E-state index contributed by atoms with van der Waals surface area (Å²) < 4.78 is 1.00. The number of hydrogen-bond donors (Lipinski definition) is 2. The van der Waals surface area contributed by atoms with Crippen LogP contribution in [0, 0.1) is 0 Å². The molecule has 6 heteroatoms. The van der Waals surface area contributed by atoms with Gasteiger partial charge < -0.3 is 10.4 Å². The molecule has 104 valence electrons. The molecule has 0 aliphatic rings. The lowest BCUT2D eigenvalue weighted by Crippen LogP contribution is -2.09. The number of aromatic carboxylic acids is 1. The van der Waals surface area contributed by atoms with E-state index in [4.69, 9.17) is 16.7 Å². The molecule has 1 atom stereocenters. The fraction of sp³-hybridized carbons (Fsp3) is 0.143. The van der Waals surface area contributed by atoms with Gasteiger partial charge in [-0.05, 0) is 36.8 Å². The average molecular weight is 356 g/mol. The molecular weight excluding hydrogens is 344 g/mol. The number of nitrogens with zero attached hydrogens (tertiary/aromatic N) is 1. The molecule has 1 aromatic heterocycles. The second-order valence-corrected chi connectivity index (χ2v) is 5.59. The quantitative estimate of drug-likeness (QED) is 0.800. The molecule has 0 aliphatic carbocycles. The number of carboxylic acids is 1. The van der Waals surface area contributed by atoms with Gasteiger partial charge in [0.05, 0.1) is 5.56 Å². The maximum Gasteiger partial charge on any atom is 0.335 e. The zero-order valence-electron chi connectivity index (χ0n) is 10.6. The molecule has 1 heterocycles. The van der Waals surface area contributed by atoms with Crippen LogP contribution in [0.5, 0.6) is 0 Å². The van der Waals surface area contributed by atoms with Gasteiger partial charge in [-0.1, -0.05) is 39.7 Å². The molecule has 0 saturated carbocycles. The number of benzene rings is 1. The van der Waals surface area contributed by atoms with Crippen LogP contribution in [0.25, 0.3) is 0 Å². The van der Waals surface area contributed by atoms with Crippen LogP contribution in [-0.4, -0.2) is 16.1 Å². The van der Waals surface area contributed by atoms with Crippen LogP contribution < -0.4 is 5.32 Å². The molecule has 4 nitrogen and oxygen atoms in total. The van der Waals surface area contributed by atoms with Crippen LogP contribution in [0.3, 0.4) is 0 Å². The number of nitrogens with one attached hydrogen (secondary N) is 1. The Kier molecular flexibility index (Phi) is 4.62. The monoisotopic (exact) mass is 354 g/mol. The van der Waals surface area contributed by atoms with Crippen molar-refractivity contribution < 1.29 is 9.90 Å². The van der Waals surface area contributed by atoms with E-state index in [0.717, 1.165) is 10.0 Å². The molecule has 0 fully saturated rings. The number of halogens is 2. The summed E-state index contributed by atoms with van der Waals surface area (Å²) in [7, 11) is 0. The van der Waals surface area contributed by atoms with Crippen molar-refractivity contribution in [1.82, 2.24) is 4.98 Å². The van der Waals surface area contributed by atoms with Gasteiger partial charge in [-0.3, -0.25) is 0 Å². The van der Waals surface area contributed by atoms with E-state index < -0.39 is 5.97 Å². The third-order valence-electron chi connectivity index (χ3n) is 2.78. The lowest BCUT2D eigenvalue weighted by molar-refractivity contribution is 0.0697. The molecule has 0 radical (unpaired) electrons. The van der Waals surface area contributed by atoms with Gasteiger partial charge in [0.1, 0.15) is 11.0 Å². The number of hydrogen-bond acceptors (Lipinski definition) is 3. The Morgan fingerprint density at radius 1 is 1.35 bits per heavy atom. The molecule has 0 amide bonds. The highest BCUT2D eigenvalue weighted by atomic mass is 79.9. The van der Waals surface area contributed by atoms with Crippen LogP contribution in [0.2, 0.25) is 5.15 Å². The Morgan fingerprint density at radius 3 is 2.60 bits per heavy atom. The molecule has 1 unspecified atom stereocenters. The molecule has 0 spiro atoms. The molecule has 20 heavy (non-hydrogen) atoms. The number of pyridine rings is 1. The number of carboxylic acid groups (broad SMARTS) is 1. The third kappa shape index (κ3) is 3.71. The lowest BCUT2D eigenvalue weighted by Gasteiger charge is -2.15. The van der Waals surface area contributed by atoms with Crippen molar-refractivity contribution in [2.24, 2.45) is 0 Å². The Balaban J connectivity index is 2.21.